The van der Waals surface area contributed by atoms with Gasteiger partial charge in [0.05, 0.1) is 5.41 Å². The van der Waals surface area contributed by atoms with Gasteiger partial charge in [0.15, 0.2) is 11.6 Å². The average Bonchev–Trinajstić information content (AvgIpc) is 2.70. The van der Waals surface area contributed by atoms with Crippen LogP contribution in [0.2, 0.25) is 0 Å². The maximum atomic E-state index is 13.5. The molecule has 5 heteroatoms. The molecule has 0 aromatic heterocycles. The summed E-state index contributed by atoms with van der Waals surface area (Å²) in [5.74, 6) is -2.28. The largest absolute Gasteiger partial charge is 0.394 e. The fourth-order valence-electron chi connectivity index (χ4n) is 2.87. The molecule has 1 aromatic carbocycles. The molecule has 0 radical (unpaired) electrons. The Hall–Kier alpha value is -1.13. The monoisotopic (exact) mass is 278 g/mol. The zero-order valence-corrected chi connectivity index (χ0v) is 10.7. The van der Waals surface area contributed by atoms with E-state index in [1.165, 1.54) is 19.9 Å². The highest BCUT2D eigenvalue weighted by molar-refractivity contribution is 5.32. The summed E-state index contributed by atoms with van der Waals surface area (Å²) in [7, 11) is 0. The molecule has 0 nitrogen and oxygen atoms in total. The van der Waals surface area contributed by atoms with Crippen LogP contribution in [0.3, 0.4) is 0 Å². The molecule has 0 aliphatic heterocycles. The van der Waals surface area contributed by atoms with Gasteiger partial charge in [-0.05, 0) is 49.3 Å². The quantitative estimate of drug-likeness (QED) is 0.626. The van der Waals surface area contributed by atoms with E-state index < -0.39 is 23.2 Å². The fourth-order valence-corrected chi connectivity index (χ4v) is 2.87. The third-order valence-corrected chi connectivity index (χ3v) is 4.25. The molecule has 0 heterocycles. The van der Waals surface area contributed by atoms with Gasteiger partial charge in [0.2, 0.25) is 0 Å². The van der Waals surface area contributed by atoms with Gasteiger partial charge >= 0.3 is 6.18 Å². The van der Waals surface area contributed by atoms with E-state index in [0.29, 0.717) is 12.0 Å². The third-order valence-electron chi connectivity index (χ3n) is 4.25. The second kappa shape index (κ2) is 4.46. The third kappa shape index (κ3) is 2.35. The molecule has 19 heavy (non-hydrogen) atoms. The number of benzene rings is 1. The minimum atomic E-state index is -4.26. The summed E-state index contributed by atoms with van der Waals surface area (Å²) in [5.41, 5.74) is -1.11. The van der Waals surface area contributed by atoms with Gasteiger partial charge < -0.3 is 0 Å². The Morgan fingerprint density at radius 1 is 1.21 bits per heavy atom. The normalized spacial score (nSPS) is 27.8. The molecular formula is C14H15F5. The van der Waals surface area contributed by atoms with Crippen LogP contribution in [-0.4, -0.2) is 6.18 Å². The van der Waals surface area contributed by atoms with Crippen molar-refractivity contribution < 1.29 is 22.0 Å². The summed E-state index contributed by atoms with van der Waals surface area (Å²) in [6.07, 6.45) is -3.95. The Bertz CT molecular complexity index is 491. The second-order valence-electron chi connectivity index (χ2n) is 5.57. The van der Waals surface area contributed by atoms with E-state index in [1.807, 2.05) is 0 Å². The zero-order chi connectivity index (χ0) is 14.4. The molecule has 1 saturated carbocycles. The van der Waals surface area contributed by atoms with Crippen LogP contribution in [0.15, 0.2) is 12.1 Å². The van der Waals surface area contributed by atoms with Crippen molar-refractivity contribution in [2.75, 3.05) is 0 Å². The average molecular weight is 278 g/mol. The van der Waals surface area contributed by atoms with Crippen LogP contribution in [0.4, 0.5) is 22.0 Å². The summed E-state index contributed by atoms with van der Waals surface area (Å²) in [6.45, 7) is 2.61. The topological polar surface area (TPSA) is 0 Å². The van der Waals surface area contributed by atoms with Crippen molar-refractivity contribution in [3.05, 3.63) is 34.9 Å². The van der Waals surface area contributed by atoms with E-state index in [9.17, 15) is 22.0 Å². The molecule has 1 aliphatic carbocycles. The molecule has 2 atom stereocenters. The first-order valence-electron chi connectivity index (χ1n) is 6.17. The van der Waals surface area contributed by atoms with Gasteiger partial charge in [0, 0.05) is 0 Å². The summed E-state index contributed by atoms with van der Waals surface area (Å²) in [6, 6.07) is 2.39. The second-order valence-corrected chi connectivity index (χ2v) is 5.57. The highest BCUT2D eigenvalue weighted by atomic mass is 19.4. The maximum Gasteiger partial charge on any atom is 0.394 e. The standard InChI is InChI=1S/C14H15F5/c1-8-10(3-4-11(15)12(8)16)9-5-6-13(2,7-9)14(17,18)19/h3-4,9H,5-7H2,1-2H3/t9?,13-/m0/s1. The van der Waals surface area contributed by atoms with Gasteiger partial charge in [-0.15, -0.1) is 0 Å². The molecule has 0 spiro atoms. The zero-order valence-electron chi connectivity index (χ0n) is 10.7. The maximum absolute atomic E-state index is 13.5. The summed E-state index contributed by atoms with van der Waals surface area (Å²) in [5, 5.41) is 0. The predicted octanol–water partition coefficient (Wildman–Crippen LogP) is 5.11. The molecule has 0 bridgehead atoms. The first-order chi connectivity index (χ1) is 8.66. The van der Waals surface area contributed by atoms with Crippen LogP contribution in [0.25, 0.3) is 0 Å². The Balaban J connectivity index is 2.30. The lowest BCUT2D eigenvalue weighted by Gasteiger charge is -2.27. The molecule has 2 rings (SSSR count). The first kappa shape index (κ1) is 14.3. The van der Waals surface area contributed by atoms with Crippen molar-refractivity contribution in [3.8, 4) is 0 Å². The summed E-state index contributed by atoms with van der Waals surface area (Å²) >= 11 is 0. The van der Waals surface area contributed by atoms with E-state index in [2.05, 4.69) is 0 Å². The Labute approximate surface area is 108 Å². The van der Waals surface area contributed by atoms with Crippen LogP contribution in [0, 0.1) is 24.0 Å². The molecular weight excluding hydrogens is 263 g/mol. The van der Waals surface area contributed by atoms with E-state index in [4.69, 9.17) is 0 Å². The van der Waals surface area contributed by atoms with Gasteiger partial charge in [-0.25, -0.2) is 8.78 Å². The SMILES string of the molecule is Cc1c(C2CC[C@](C)(C(F)(F)F)C2)ccc(F)c1F. The fraction of sp³-hybridized carbons (Fsp3) is 0.571. The number of halogens is 5. The molecule has 0 N–H and O–H groups in total. The minimum absolute atomic E-state index is 0.0274. The van der Waals surface area contributed by atoms with Gasteiger partial charge in [-0.1, -0.05) is 13.0 Å². The van der Waals surface area contributed by atoms with Crippen molar-refractivity contribution in [3.63, 3.8) is 0 Å². The van der Waals surface area contributed by atoms with Gasteiger partial charge in [0.25, 0.3) is 0 Å². The van der Waals surface area contributed by atoms with Crippen LogP contribution < -0.4 is 0 Å². The van der Waals surface area contributed by atoms with E-state index in [0.717, 1.165) is 6.07 Å². The first-order valence-corrected chi connectivity index (χ1v) is 6.17. The van der Waals surface area contributed by atoms with E-state index in [1.54, 1.807) is 0 Å². The van der Waals surface area contributed by atoms with E-state index in [-0.39, 0.29) is 24.3 Å². The van der Waals surface area contributed by atoms with Crippen LogP contribution in [-0.2, 0) is 0 Å². The summed E-state index contributed by atoms with van der Waals surface area (Å²) in [4.78, 5) is 0. The highest BCUT2D eigenvalue weighted by Crippen LogP contribution is 2.55. The number of hydrogen-bond acceptors (Lipinski definition) is 0. The molecule has 1 aliphatic rings. The molecule has 1 aromatic rings. The summed E-state index contributed by atoms with van der Waals surface area (Å²) < 4.78 is 65.3. The van der Waals surface area contributed by atoms with Crippen molar-refractivity contribution in [2.24, 2.45) is 5.41 Å². The molecule has 1 fully saturated rings. The molecule has 1 unspecified atom stereocenters. The van der Waals surface area contributed by atoms with Crippen molar-refractivity contribution in [1.29, 1.82) is 0 Å². The van der Waals surface area contributed by atoms with Crippen LogP contribution >= 0.6 is 0 Å². The lowest BCUT2D eigenvalue weighted by atomic mass is 9.84. The minimum Gasteiger partial charge on any atom is -0.204 e. The van der Waals surface area contributed by atoms with Crippen molar-refractivity contribution in [2.45, 2.75) is 45.2 Å². The van der Waals surface area contributed by atoms with Crippen molar-refractivity contribution in [1.82, 2.24) is 0 Å². The molecule has 106 valence electrons. The van der Waals surface area contributed by atoms with Crippen LogP contribution in [0.5, 0.6) is 0 Å². The van der Waals surface area contributed by atoms with Crippen LogP contribution in [0.1, 0.15) is 43.2 Å². The van der Waals surface area contributed by atoms with Gasteiger partial charge in [-0.2, -0.15) is 13.2 Å². The van der Waals surface area contributed by atoms with Crippen molar-refractivity contribution >= 4 is 0 Å². The number of hydrogen-bond donors (Lipinski definition) is 0. The number of alkyl halides is 3. The smallest absolute Gasteiger partial charge is 0.204 e. The lowest BCUT2D eigenvalue weighted by Crippen LogP contribution is -2.32. The number of rotatable bonds is 1. The Morgan fingerprint density at radius 3 is 2.37 bits per heavy atom. The van der Waals surface area contributed by atoms with E-state index >= 15 is 0 Å². The molecule has 0 saturated heterocycles. The highest BCUT2D eigenvalue weighted by Gasteiger charge is 2.54. The molecule has 0 amide bonds. The Kier molecular flexibility index (Phi) is 3.35. The lowest BCUT2D eigenvalue weighted by molar-refractivity contribution is -0.215. The van der Waals surface area contributed by atoms with Gasteiger partial charge in [-0.3, -0.25) is 0 Å². The van der Waals surface area contributed by atoms with Gasteiger partial charge in [0.1, 0.15) is 0 Å². The Morgan fingerprint density at radius 2 is 1.84 bits per heavy atom. The predicted molar refractivity (Wildman–Crippen MR) is 61.8 cm³/mol.